The first-order valence-corrected chi connectivity index (χ1v) is 10.9. The van der Waals surface area contributed by atoms with E-state index in [9.17, 15) is 4.79 Å². The summed E-state index contributed by atoms with van der Waals surface area (Å²) in [6.07, 6.45) is 5.26. The zero-order valence-corrected chi connectivity index (χ0v) is 19.2. The normalized spacial score (nSPS) is 21.0. The number of anilines is 1. The highest BCUT2D eigenvalue weighted by atomic mass is 35.5. The van der Waals surface area contributed by atoms with E-state index in [2.05, 4.69) is 11.1 Å². The van der Waals surface area contributed by atoms with Gasteiger partial charge in [-0.1, -0.05) is 6.07 Å². The zero-order chi connectivity index (χ0) is 19.4. The summed E-state index contributed by atoms with van der Waals surface area (Å²) in [5, 5.41) is 0. The number of ether oxygens (including phenoxy) is 1. The molecule has 4 N–H and O–H groups in total. The Morgan fingerprint density at radius 1 is 1.17 bits per heavy atom. The highest BCUT2D eigenvalue weighted by Crippen LogP contribution is 2.47. The summed E-state index contributed by atoms with van der Waals surface area (Å²) in [6.45, 7) is 2.14. The van der Waals surface area contributed by atoms with Gasteiger partial charge in [0, 0.05) is 24.4 Å². The molecule has 4 heterocycles. The molecule has 2 aromatic rings. The Morgan fingerprint density at radius 2 is 1.90 bits per heavy atom. The lowest BCUT2D eigenvalue weighted by molar-refractivity contribution is -0.148. The Morgan fingerprint density at radius 3 is 2.53 bits per heavy atom. The number of fused-ring (bicyclic) bond motifs is 2. The first-order valence-electron chi connectivity index (χ1n) is 10.1. The minimum absolute atomic E-state index is 0. The van der Waals surface area contributed by atoms with E-state index in [-0.39, 0.29) is 36.3 Å². The quantitative estimate of drug-likeness (QED) is 0.699. The Hall–Kier alpha value is -1.38. The van der Waals surface area contributed by atoms with Gasteiger partial charge in [0.15, 0.2) is 0 Å². The third-order valence-electron chi connectivity index (χ3n) is 6.56. The average Bonchev–Trinajstić information content (AvgIpc) is 3.12. The second-order valence-electron chi connectivity index (χ2n) is 8.29. The Balaban J connectivity index is 0.00000128. The molecule has 3 aliphatic rings. The number of halogens is 2. The van der Waals surface area contributed by atoms with E-state index in [0.29, 0.717) is 18.9 Å². The molecular formula is C21H28Cl2N4O2S. The number of hydrogen-bond donors (Lipinski definition) is 2. The van der Waals surface area contributed by atoms with E-state index in [1.165, 1.54) is 10.4 Å². The molecule has 0 aromatic carbocycles. The third-order valence-corrected chi connectivity index (χ3v) is 7.78. The summed E-state index contributed by atoms with van der Waals surface area (Å²) < 4.78 is 6.35. The van der Waals surface area contributed by atoms with Crippen LogP contribution in [0.5, 0.6) is 0 Å². The molecule has 0 atom stereocenters. The van der Waals surface area contributed by atoms with Crippen molar-refractivity contribution in [1.29, 1.82) is 0 Å². The number of nitrogens with zero attached hydrogens (tertiary/aromatic N) is 2. The van der Waals surface area contributed by atoms with Crippen molar-refractivity contribution in [1.82, 2.24) is 9.88 Å². The molecule has 0 bridgehead atoms. The van der Waals surface area contributed by atoms with E-state index in [1.807, 2.05) is 17.0 Å². The first-order chi connectivity index (χ1) is 13.5. The first kappa shape index (κ1) is 23.3. The van der Waals surface area contributed by atoms with Crippen LogP contribution >= 0.6 is 36.2 Å². The summed E-state index contributed by atoms with van der Waals surface area (Å²) in [5.74, 6) is 0.660. The minimum atomic E-state index is -0.614. The van der Waals surface area contributed by atoms with Gasteiger partial charge in [0.25, 0.3) is 0 Å². The van der Waals surface area contributed by atoms with Crippen LogP contribution in [-0.2, 0) is 21.6 Å². The summed E-state index contributed by atoms with van der Waals surface area (Å²) in [7, 11) is 0. The van der Waals surface area contributed by atoms with Gasteiger partial charge in [0.2, 0.25) is 5.91 Å². The summed E-state index contributed by atoms with van der Waals surface area (Å²) in [4.78, 5) is 21.7. The number of nitrogen functional groups attached to an aromatic ring is 1. The van der Waals surface area contributed by atoms with Gasteiger partial charge >= 0.3 is 0 Å². The Bertz CT molecular complexity index is 923. The molecule has 6 nitrogen and oxygen atoms in total. The van der Waals surface area contributed by atoms with Gasteiger partial charge in [-0.3, -0.25) is 4.79 Å². The van der Waals surface area contributed by atoms with Gasteiger partial charge in [-0.15, -0.1) is 36.2 Å². The maximum absolute atomic E-state index is 12.8. The highest BCUT2D eigenvalue weighted by molar-refractivity contribution is 7.15. The average molecular weight is 471 g/mol. The number of nitrogens with two attached hydrogens (primary N) is 2. The van der Waals surface area contributed by atoms with Gasteiger partial charge in [-0.25, -0.2) is 4.98 Å². The molecule has 2 aliphatic heterocycles. The van der Waals surface area contributed by atoms with Crippen molar-refractivity contribution in [3.63, 3.8) is 0 Å². The predicted octanol–water partition coefficient (Wildman–Crippen LogP) is 3.51. The van der Waals surface area contributed by atoms with Crippen LogP contribution in [0.4, 0.5) is 5.82 Å². The third kappa shape index (κ3) is 3.82. The lowest BCUT2D eigenvalue weighted by Gasteiger charge is -2.47. The second kappa shape index (κ2) is 8.63. The monoisotopic (exact) mass is 470 g/mol. The zero-order valence-electron chi connectivity index (χ0n) is 16.8. The van der Waals surface area contributed by atoms with E-state index in [4.69, 9.17) is 16.2 Å². The smallest absolute Gasteiger partial charge is 0.242 e. The number of thiophene rings is 1. The molecule has 0 unspecified atom stereocenters. The lowest BCUT2D eigenvalue weighted by atomic mass is 9.75. The van der Waals surface area contributed by atoms with Gasteiger partial charge < -0.3 is 21.1 Å². The SMILES string of the molecule is Cl.Cl.Nc1cccc(-c2cc3c(s2)CCOC32CCN(C(=O)C3(N)CCC3)CC2)n1. The molecule has 2 aromatic heterocycles. The molecule has 30 heavy (non-hydrogen) atoms. The predicted molar refractivity (Wildman–Crippen MR) is 124 cm³/mol. The minimum Gasteiger partial charge on any atom is -0.384 e. The van der Waals surface area contributed by atoms with Crippen molar-refractivity contribution >= 4 is 47.9 Å². The number of aromatic nitrogens is 1. The largest absolute Gasteiger partial charge is 0.384 e. The van der Waals surface area contributed by atoms with Gasteiger partial charge in [-0.05, 0) is 55.9 Å². The van der Waals surface area contributed by atoms with E-state index in [0.717, 1.165) is 55.7 Å². The van der Waals surface area contributed by atoms with E-state index in [1.54, 1.807) is 17.4 Å². The molecule has 1 amide bonds. The summed E-state index contributed by atoms with van der Waals surface area (Å²) in [6, 6.07) is 7.98. The number of carbonyl (C=O) groups is 1. The van der Waals surface area contributed by atoms with Crippen LogP contribution in [0.1, 0.15) is 42.5 Å². The molecule has 1 spiro atoms. The van der Waals surface area contributed by atoms with Crippen molar-refractivity contribution in [2.24, 2.45) is 5.73 Å². The lowest BCUT2D eigenvalue weighted by Crippen LogP contribution is -2.61. The Labute approximate surface area is 193 Å². The molecule has 1 aliphatic carbocycles. The number of likely N-dealkylation sites (tertiary alicyclic amines) is 1. The molecular weight excluding hydrogens is 443 g/mol. The maximum Gasteiger partial charge on any atom is 0.242 e. The summed E-state index contributed by atoms with van der Waals surface area (Å²) in [5.41, 5.74) is 13.4. The Kier molecular flexibility index (Phi) is 6.70. The topological polar surface area (TPSA) is 94.5 Å². The number of carbonyl (C=O) groups excluding carboxylic acids is 1. The molecule has 0 radical (unpaired) electrons. The number of pyridine rings is 1. The number of rotatable bonds is 2. The second-order valence-corrected chi connectivity index (χ2v) is 9.43. The number of amides is 1. The fourth-order valence-electron chi connectivity index (χ4n) is 4.70. The molecule has 1 saturated carbocycles. The van der Waals surface area contributed by atoms with Gasteiger partial charge in [0.1, 0.15) is 5.82 Å². The van der Waals surface area contributed by atoms with Crippen molar-refractivity contribution in [3.8, 4) is 10.6 Å². The molecule has 9 heteroatoms. The maximum atomic E-state index is 12.8. The van der Waals surface area contributed by atoms with E-state index >= 15 is 0 Å². The molecule has 2 fully saturated rings. The standard InChI is InChI=1S/C21H26N4O2S.2ClH/c22-18-4-1-3-15(24-18)17-13-14-16(28-17)5-12-27-21(14)8-10-25(11-9-21)19(26)20(23)6-2-7-20;;/h1,3-4,13H,2,5-12,23H2,(H2,22,24);2*1H. The molecule has 5 rings (SSSR count). The van der Waals surface area contributed by atoms with Crippen molar-refractivity contribution in [2.75, 3.05) is 25.4 Å². The van der Waals surface area contributed by atoms with Crippen LogP contribution in [0.15, 0.2) is 24.3 Å². The summed E-state index contributed by atoms with van der Waals surface area (Å²) >= 11 is 1.79. The van der Waals surface area contributed by atoms with Crippen molar-refractivity contribution < 1.29 is 9.53 Å². The molecule has 1 saturated heterocycles. The van der Waals surface area contributed by atoms with Crippen molar-refractivity contribution in [3.05, 3.63) is 34.7 Å². The van der Waals surface area contributed by atoms with E-state index < -0.39 is 5.54 Å². The fraction of sp³-hybridized carbons (Fsp3) is 0.524. The fourth-order valence-corrected chi connectivity index (χ4v) is 5.90. The van der Waals surface area contributed by atoms with Crippen LogP contribution in [0.25, 0.3) is 10.6 Å². The number of hydrogen-bond acceptors (Lipinski definition) is 6. The van der Waals surface area contributed by atoms with Gasteiger partial charge in [0.05, 0.1) is 28.3 Å². The van der Waals surface area contributed by atoms with Crippen LogP contribution in [0.2, 0.25) is 0 Å². The number of piperidine rings is 1. The highest BCUT2D eigenvalue weighted by Gasteiger charge is 2.47. The van der Waals surface area contributed by atoms with Crippen molar-refractivity contribution in [2.45, 2.75) is 49.7 Å². The van der Waals surface area contributed by atoms with Crippen LogP contribution in [-0.4, -0.2) is 41.0 Å². The molecule has 164 valence electrons. The van der Waals surface area contributed by atoms with Crippen LogP contribution < -0.4 is 11.5 Å². The van der Waals surface area contributed by atoms with Gasteiger partial charge in [-0.2, -0.15) is 0 Å². The van der Waals surface area contributed by atoms with Crippen LogP contribution in [0, 0.1) is 0 Å². The van der Waals surface area contributed by atoms with Crippen LogP contribution in [0.3, 0.4) is 0 Å².